The third-order valence-corrected chi connectivity index (χ3v) is 2.76. The highest BCUT2D eigenvalue weighted by molar-refractivity contribution is 5.85. The number of anilines is 2. The van der Waals surface area contributed by atoms with E-state index in [1.807, 2.05) is 0 Å². The van der Waals surface area contributed by atoms with Crippen LogP contribution in [-0.2, 0) is 4.79 Å². The summed E-state index contributed by atoms with van der Waals surface area (Å²) >= 11 is 0. The van der Waals surface area contributed by atoms with Gasteiger partial charge in [-0.25, -0.2) is 4.98 Å². The highest BCUT2D eigenvalue weighted by atomic mass is 16.6. The van der Waals surface area contributed by atoms with Crippen molar-refractivity contribution in [3.05, 3.63) is 22.2 Å². The molecule has 2 rings (SSSR count). The van der Waals surface area contributed by atoms with Crippen LogP contribution in [0.25, 0.3) is 0 Å². The molecule has 0 bridgehead atoms. The Morgan fingerprint density at radius 1 is 1.58 bits per heavy atom. The quantitative estimate of drug-likeness (QED) is 0.530. The molecule has 0 spiro atoms. The van der Waals surface area contributed by atoms with Crippen molar-refractivity contribution in [1.82, 2.24) is 10.3 Å². The first-order valence-electron chi connectivity index (χ1n) is 5.95. The SMILES string of the molecule is CC(Nc1nc(N)ccc1[N+](=O)[O-])C(=O)NC1CC1. The van der Waals surface area contributed by atoms with Crippen LogP contribution >= 0.6 is 0 Å². The Kier molecular flexibility index (Phi) is 3.50. The molecule has 1 aliphatic carbocycles. The van der Waals surface area contributed by atoms with Crippen LogP contribution in [0.15, 0.2) is 12.1 Å². The number of pyridine rings is 1. The molecule has 1 saturated carbocycles. The molecule has 0 radical (unpaired) electrons. The number of carbonyl (C=O) groups is 1. The summed E-state index contributed by atoms with van der Waals surface area (Å²) in [5.74, 6) is -0.0487. The molecule has 1 unspecified atom stereocenters. The van der Waals surface area contributed by atoms with Gasteiger partial charge in [0.05, 0.1) is 4.92 Å². The number of nitro groups is 1. The number of hydrogen-bond acceptors (Lipinski definition) is 6. The molecule has 8 nitrogen and oxygen atoms in total. The summed E-state index contributed by atoms with van der Waals surface area (Å²) in [6.07, 6.45) is 1.96. The number of carbonyl (C=O) groups excluding carboxylic acids is 1. The van der Waals surface area contributed by atoms with Gasteiger partial charge in [-0.1, -0.05) is 0 Å². The van der Waals surface area contributed by atoms with Gasteiger partial charge in [0.2, 0.25) is 11.7 Å². The maximum Gasteiger partial charge on any atom is 0.311 e. The Morgan fingerprint density at radius 3 is 2.84 bits per heavy atom. The van der Waals surface area contributed by atoms with Gasteiger partial charge >= 0.3 is 5.69 Å². The Morgan fingerprint density at radius 2 is 2.26 bits per heavy atom. The van der Waals surface area contributed by atoms with Crippen LogP contribution in [0.5, 0.6) is 0 Å². The Bertz CT molecular complexity index is 515. The van der Waals surface area contributed by atoms with Crippen LogP contribution < -0.4 is 16.4 Å². The van der Waals surface area contributed by atoms with Crippen molar-refractivity contribution in [3.8, 4) is 0 Å². The van der Waals surface area contributed by atoms with Gasteiger partial charge in [-0.05, 0) is 25.8 Å². The molecule has 1 aromatic rings. The zero-order chi connectivity index (χ0) is 14.0. The molecule has 1 amide bonds. The number of nitrogen functional groups attached to an aromatic ring is 1. The maximum absolute atomic E-state index is 11.8. The Labute approximate surface area is 109 Å². The van der Waals surface area contributed by atoms with Crippen molar-refractivity contribution >= 4 is 23.2 Å². The topological polar surface area (TPSA) is 123 Å². The van der Waals surface area contributed by atoms with E-state index in [1.54, 1.807) is 6.92 Å². The molecule has 1 fully saturated rings. The number of rotatable bonds is 5. The largest absolute Gasteiger partial charge is 0.384 e. The smallest absolute Gasteiger partial charge is 0.311 e. The number of nitrogens with zero attached hydrogens (tertiary/aromatic N) is 2. The molecule has 102 valence electrons. The lowest BCUT2D eigenvalue weighted by Gasteiger charge is -2.14. The van der Waals surface area contributed by atoms with Crippen LogP contribution in [0.2, 0.25) is 0 Å². The second-order valence-electron chi connectivity index (χ2n) is 4.51. The van der Waals surface area contributed by atoms with Crippen LogP contribution in [0, 0.1) is 10.1 Å². The van der Waals surface area contributed by atoms with Gasteiger partial charge in [-0.3, -0.25) is 14.9 Å². The van der Waals surface area contributed by atoms with E-state index >= 15 is 0 Å². The highest BCUT2D eigenvalue weighted by Gasteiger charge is 2.27. The first kappa shape index (κ1) is 13.1. The van der Waals surface area contributed by atoms with Gasteiger partial charge in [0, 0.05) is 12.1 Å². The van der Waals surface area contributed by atoms with Crippen LogP contribution in [0.1, 0.15) is 19.8 Å². The minimum absolute atomic E-state index is 0.00319. The molecular formula is C11H15N5O3. The molecule has 19 heavy (non-hydrogen) atoms. The zero-order valence-corrected chi connectivity index (χ0v) is 10.4. The standard InChI is InChI=1S/C11H15N5O3/c1-6(11(17)14-7-2-3-7)13-10-8(16(18)19)4-5-9(12)15-10/h4-7H,2-3H2,1H3,(H,14,17)(H3,12,13,15). The van der Waals surface area contributed by atoms with Crippen molar-refractivity contribution in [2.24, 2.45) is 0 Å². The van der Waals surface area contributed by atoms with E-state index in [9.17, 15) is 14.9 Å². The lowest BCUT2D eigenvalue weighted by molar-refractivity contribution is -0.384. The van der Waals surface area contributed by atoms with E-state index in [2.05, 4.69) is 15.6 Å². The molecule has 4 N–H and O–H groups in total. The summed E-state index contributed by atoms with van der Waals surface area (Å²) in [5, 5.41) is 16.4. The molecule has 1 heterocycles. The average Bonchev–Trinajstić information content (AvgIpc) is 3.12. The average molecular weight is 265 g/mol. The summed E-state index contributed by atoms with van der Waals surface area (Å²) in [5.41, 5.74) is 5.29. The fourth-order valence-corrected chi connectivity index (χ4v) is 1.54. The van der Waals surface area contributed by atoms with Gasteiger partial charge in [0.25, 0.3) is 0 Å². The first-order valence-corrected chi connectivity index (χ1v) is 5.95. The Balaban J connectivity index is 2.10. The lowest BCUT2D eigenvalue weighted by atomic mass is 10.3. The van der Waals surface area contributed by atoms with Gasteiger partial charge in [-0.2, -0.15) is 0 Å². The van der Waals surface area contributed by atoms with E-state index in [0.717, 1.165) is 12.8 Å². The van der Waals surface area contributed by atoms with Crippen LogP contribution in [0.3, 0.4) is 0 Å². The van der Waals surface area contributed by atoms with Gasteiger partial charge in [0.15, 0.2) is 0 Å². The van der Waals surface area contributed by atoms with Crippen molar-refractivity contribution < 1.29 is 9.72 Å². The normalized spacial score (nSPS) is 15.6. The second kappa shape index (κ2) is 5.09. The van der Waals surface area contributed by atoms with E-state index in [4.69, 9.17) is 5.73 Å². The molecule has 0 aromatic carbocycles. The monoisotopic (exact) mass is 265 g/mol. The van der Waals surface area contributed by atoms with Gasteiger partial charge in [-0.15, -0.1) is 0 Å². The van der Waals surface area contributed by atoms with Crippen molar-refractivity contribution in [2.75, 3.05) is 11.1 Å². The summed E-state index contributed by atoms with van der Waals surface area (Å²) in [6, 6.07) is 2.23. The highest BCUT2D eigenvalue weighted by Crippen LogP contribution is 2.24. The molecule has 8 heteroatoms. The molecule has 1 aromatic heterocycles. The summed E-state index contributed by atoms with van der Waals surface area (Å²) < 4.78 is 0. The third kappa shape index (κ3) is 3.30. The Hall–Kier alpha value is -2.38. The van der Waals surface area contributed by atoms with Crippen molar-refractivity contribution in [3.63, 3.8) is 0 Å². The molecule has 0 aliphatic heterocycles. The molecule has 0 saturated heterocycles. The predicted molar refractivity (Wildman–Crippen MR) is 69.6 cm³/mol. The first-order chi connectivity index (χ1) is 8.97. The molecule has 1 atom stereocenters. The van der Waals surface area contributed by atoms with E-state index in [0.29, 0.717) is 0 Å². The number of amides is 1. The van der Waals surface area contributed by atoms with Crippen LogP contribution in [0.4, 0.5) is 17.3 Å². The summed E-state index contributed by atoms with van der Waals surface area (Å²) in [6.45, 7) is 1.62. The van der Waals surface area contributed by atoms with E-state index in [-0.39, 0.29) is 29.3 Å². The second-order valence-corrected chi connectivity index (χ2v) is 4.51. The van der Waals surface area contributed by atoms with Crippen molar-refractivity contribution in [1.29, 1.82) is 0 Å². The fourth-order valence-electron chi connectivity index (χ4n) is 1.54. The molecule has 1 aliphatic rings. The zero-order valence-electron chi connectivity index (χ0n) is 10.4. The number of nitrogens with two attached hydrogens (primary N) is 1. The number of aromatic nitrogens is 1. The van der Waals surface area contributed by atoms with Gasteiger partial charge in [0.1, 0.15) is 11.9 Å². The summed E-state index contributed by atoms with van der Waals surface area (Å²) in [7, 11) is 0. The third-order valence-electron chi connectivity index (χ3n) is 2.76. The predicted octanol–water partition coefficient (Wildman–Crippen LogP) is 0.651. The van der Waals surface area contributed by atoms with E-state index in [1.165, 1.54) is 12.1 Å². The maximum atomic E-state index is 11.8. The van der Waals surface area contributed by atoms with Crippen molar-refractivity contribution in [2.45, 2.75) is 31.8 Å². The molecular weight excluding hydrogens is 250 g/mol. The van der Waals surface area contributed by atoms with Gasteiger partial charge < -0.3 is 16.4 Å². The number of hydrogen-bond donors (Lipinski definition) is 3. The minimum Gasteiger partial charge on any atom is -0.384 e. The fraction of sp³-hybridized carbons (Fsp3) is 0.455. The number of nitrogens with one attached hydrogen (secondary N) is 2. The summed E-state index contributed by atoms with van der Waals surface area (Å²) in [4.78, 5) is 25.9. The van der Waals surface area contributed by atoms with E-state index < -0.39 is 11.0 Å². The van der Waals surface area contributed by atoms with Crippen LogP contribution in [-0.4, -0.2) is 27.9 Å². The lowest BCUT2D eigenvalue weighted by Crippen LogP contribution is -2.39. The minimum atomic E-state index is -0.617.